The van der Waals surface area contributed by atoms with Crippen LogP contribution in [0.25, 0.3) is 0 Å². The number of aliphatic hydroxyl groups is 2. The second kappa shape index (κ2) is 11.0. The number of benzene rings is 1. The van der Waals surface area contributed by atoms with Crippen LogP contribution in [0, 0.1) is 5.92 Å². The molecule has 9 heteroatoms. The number of hydrogen-bond acceptors (Lipinski definition) is 6. The number of carbonyl (C=O) groups excluding carboxylic acids is 1. The summed E-state index contributed by atoms with van der Waals surface area (Å²) >= 11 is 0. The van der Waals surface area contributed by atoms with Crippen molar-refractivity contribution in [2.45, 2.75) is 33.0 Å². The predicted molar refractivity (Wildman–Crippen MR) is 88.4 cm³/mol. The van der Waals surface area contributed by atoms with Gasteiger partial charge >= 0.3 is 11.9 Å². The highest BCUT2D eigenvalue weighted by molar-refractivity contribution is 5.88. The first-order chi connectivity index (χ1) is 11.5. The summed E-state index contributed by atoms with van der Waals surface area (Å²) in [6.45, 7) is 6.40. The fourth-order valence-electron chi connectivity index (χ4n) is 1.37. The van der Waals surface area contributed by atoms with E-state index < -0.39 is 24.1 Å². The van der Waals surface area contributed by atoms with E-state index in [0.717, 1.165) is 11.4 Å². The quantitative estimate of drug-likeness (QED) is 0.474. The van der Waals surface area contributed by atoms with Crippen LogP contribution in [0.3, 0.4) is 0 Å². The van der Waals surface area contributed by atoms with E-state index in [-0.39, 0.29) is 5.91 Å². The van der Waals surface area contributed by atoms with E-state index in [4.69, 9.17) is 25.2 Å². The Balaban J connectivity index is 0.000000504. The largest absolute Gasteiger partial charge is 0.493 e. The van der Waals surface area contributed by atoms with Crippen LogP contribution in [0.4, 0.5) is 5.69 Å². The van der Waals surface area contributed by atoms with Gasteiger partial charge in [0.15, 0.2) is 12.2 Å². The number of aliphatic carboxylic acids is 2. The van der Waals surface area contributed by atoms with Crippen molar-refractivity contribution in [3.63, 3.8) is 0 Å². The van der Waals surface area contributed by atoms with Crippen LogP contribution in [0.2, 0.25) is 0 Å². The number of anilines is 1. The normalized spacial score (nSPS) is 12.4. The standard InChI is InChI=1S/C12H17NO2.C4H6O6/c1-9(2)8-15-12-6-4-11(5-7-12)13-10(3)14;5-1(3(7)8)2(6)4(9)10/h4-7,9H,8H2,1-3H3,(H,13,14);1-2,5-6H,(H,7,8)(H,9,10). The third-order valence-electron chi connectivity index (χ3n) is 2.56. The van der Waals surface area contributed by atoms with Crippen molar-refractivity contribution in [1.29, 1.82) is 0 Å². The van der Waals surface area contributed by atoms with Crippen LogP contribution in [-0.2, 0) is 14.4 Å². The van der Waals surface area contributed by atoms with Crippen molar-refractivity contribution in [3.8, 4) is 5.75 Å². The molecule has 0 saturated heterocycles. The molecular weight excluding hydrogens is 334 g/mol. The van der Waals surface area contributed by atoms with Crippen LogP contribution >= 0.6 is 0 Å². The minimum atomic E-state index is -2.27. The zero-order chi connectivity index (χ0) is 19.6. The van der Waals surface area contributed by atoms with Gasteiger partial charge in [-0.1, -0.05) is 13.8 Å². The molecule has 0 spiro atoms. The molecule has 2 atom stereocenters. The number of aliphatic hydroxyl groups excluding tert-OH is 2. The second-order valence-corrected chi connectivity index (χ2v) is 5.48. The van der Waals surface area contributed by atoms with E-state index in [1.54, 1.807) is 0 Å². The first kappa shape index (κ1) is 22.4. The molecule has 0 saturated carbocycles. The van der Waals surface area contributed by atoms with Gasteiger partial charge in [-0.25, -0.2) is 9.59 Å². The molecule has 1 rings (SSSR count). The molecule has 1 amide bonds. The van der Waals surface area contributed by atoms with Crippen molar-refractivity contribution >= 4 is 23.5 Å². The minimum absolute atomic E-state index is 0.0640. The number of carboxylic acid groups (broad SMARTS) is 2. The van der Waals surface area contributed by atoms with E-state index in [2.05, 4.69) is 19.2 Å². The molecule has 140 valence electrons. The molecular formula is C16H23NO8. The number of nitrogens with one attached hydrogen (secondary N) is 1. The van der Waals surface area contributed by atoms with Gasteiger partial charge in [-0.3, -0.25) is 4.79 Å². The van der Waals surface area contributed by atoms with E-state index >= 15 is 0 Å². The molecule has 2 unspecified atom stereocenters. The predicted octanol–water partition coefficient (Wildman–Crippen LogP) is 0.557. The Morgan fingerprint density at radius 2 is 1.44 bits per heavy atom. The maximum Gasteiger partial charge on any atom is 0.335 e. The van der Waals surface area contributed by atoms with Crippen LogP contribution in [-0.4, -0.2) is 57.1 Å². The summed E-state index contributed by atoms with van der Waals surface area (Å²) in [4.78, 5) is 30.3. The zero-order valence-corrected chi connectivity index (χ0v) is 14.2. The Morgan fingerprint density at radius 3 is 1.76 bits per heavy atom. The van der Waals surface area contributed by atoms with E-state index in [9.17, 15) is 14.4 Å². The second-order valence-electron chi connectivity index (χ2n) is 5.48. The number of carbonyl (C=O) groups is 3. The Kier molecular flexibility index (Phi) is 9.83. The van der Waals surface area contributed by atoms with Gasteiger partial charge in [0.2, 0.25) is 5.91 Å². The van der Waals surface area contributed by atoms with Gasteiger partial charge in [-0.15, -0.1) is 0 Å². The summed E-state index contributed by atoms with van der Waals surface area (Å²) in [5, 5.41) is 35.2. The highest BCUT2D eigenvalue weighted by atomic mass is 16.5. The number of rotatable bonds is 7. The van der Waals surface area contributed by atoms with Crippen LogP contribution in [0.15, 0.2) is 24.3 Å². The lowest BCUT2D eigenvalue weighted by Gasteiger charge is -2.09. The smallest absolute Gasteiger partial charge is 0.335 e. The van der Waals surface area contributed by atoms with E-state index in [1.165, 1.54) is 6.92 Å². The molecule has 1 aromatic carbocycles. The van der Waals surface area contributed by atoms with Gasteiger partial charge in [0.25, 0.3) is 0 Å². The van der Waals surface area contributed by atoms with Gasteiger partial charge in [0.05, 0.1) is 6.61 Å². The first-order valence-electron chi connectivity index (χ1n) is 7.36. The average Bonchev–Trinajstić information content (AvgIpc) is 2.52. The highest BCUT2D eigenvalue weighted by Crippen LogP contribution is 2.16. The first-order valence-corrected chi connectivity index (χ1v) is 7.36. The van der Waals surface area contributed by atoms with E-state index in [1.807, 2.05) is 24.3 Å². The Morgan fingerprint density at radius 1 is 1.00 bits per heavy atom. The Labute approximate surface area is 144 Å². The zero-order valence-electron chi connectivity index (χ0n) is 14.2. The van der Waals surface area contributed by atoms with Gasteiger partial charge in [0.1, 0.15) is 5.75 Å². The third kappa shape index (κ3) is 9.95. The van der Waals surface area contributed by atoms with Crippen LogP contribution < -0.4 is 10.1 Å². The van der Waals surface area contributed by atoms with Gasteiger partial charge in [-0.2, -0.15) is 0 Å². The molecule has 0 fully saturated rings. The molecule has 1 aromatic rings. The molecule has 0 radical (unpaired) electrons. The maximum absolute atomic E-state index is 10.8. The van der Waals surface area contributed by atoms with Crippen molar-refractivity contribution in [3.05, 3.63) is 24.3 Å². The highest BCUT2D eigenvalue weighted by Gasteiger charge is 2.29. The van der Waals surface area contributed by atoms with Gasteiger partial charge in [-0.05, 0) is 30.2 Å². The SMILES string of the molecule is CC(=O)Nc1ccc(OCC(C)C)cc1.O=C(O)C(O)C(O)C(=O)O. The maximum atomic E-state index is 10.8. The van der Waals surface area contributed by atoms with Crippen molar-refractivity contribution < 1.29 is 39.5 Å². The Bertz CT molecular complexity index is 552. The third-order valence-corrected chi connectivity index (χ3v) is 2.56. The number of amides is 1. The molecule has 9 nitrogen and oxygen atoms in total. The number of hydrogen-bond donors (Lipinski definition) is 5. The lowest BCUT2D eigenvalue weighted by Crippen LogP contribution is -2.39. The summed E-state index contributed by atoms with van der Waals surface area (Å²) in [7, 11) is 0. The topological polar surface area (TPSA) is 153 Å². The lowest BCUT2D eigenvalue weighted by molar-refractivity contribution is -0.165. The molecule has 0 aliphatic heterocycles. The molecule has 5 N–H and O–H groups in total. The summed E-state index contributed by atoms with van der Waals surface area (Å²) in [6.07, 6.45) is -4.53. The molecule has 0 aliphatic rings. The van der Waals surface area contributed by atoms with Crippen LogP contribution in [0.5, 0.6) is 5.75 Å². The number of carboxylic acids is 2. The lowest BCUT2D eigenvalue weighted by atomic mass is 10.2. The monoisotopic (exact) mass is 357 g/mol. The molecule has 25 heavy (non-hydrogen) atoms. The van der Waals surface area contributed by atoms with Crippen molar-refractivity contribution in [1.82, 2.24) is 0 Å². The summed E-state index contributed by atoms with van der Waals surface area (Å²) in [6, 6.07) is 7.37. The van der Waals surface area contributed by atoms with Crippen LogP contribution in [0.1, 0.15) is 20.8 Å². The van der Waals surface area contributed by atoms with Crippen molar-refractivity contribution in [2.24, 2.45) is 5.92 Å². The Hall–Kier alpha value is -2.65. The molecule has 0 heterocycles. The van der Waals surface area contributed by atoms with E-state index in [0.29, 0.717) is 12.5 Å². The van der Waals surface area contributed by atoms with Gasteiger partial charge in [0, 0.05) is 12.6 Å². The fourth-order valence-corrected chi connectivity index (χ4v) is 1.37. The molecule has 0 aliphatic carbocycles. The molecule has 0 aromatic heterocycles. The van der Waals surface area contributed by atoms with Crippen molar-refractivity contribution in [2.75, 3.05) is 11.9 Å². The number of ether oxygens (including phenoxy) is 1. The summed E-state index contributed by atoms with van der Waals surface area (Å²) < 4.78 is 5.51. The minimum Gasteiger partial charge on any atom is -0.493 e. The summed E-state index contributed by atoms with van der Waals surface area (Å²) in [5.74, 6) is -2.26. The average molecular weight is 357 g/mol. The summed E-state index contributed by atoms with van der Waals surface area (Å²) in [5.41, 5.74) is 0.791. The molecule has 0 bridgehead atoms. The fraction of sp³-hybridized carbons (Fsp3) is 0.438. The van der Waals surface area contributed by atoms with Gasteiger partial charge < -0.3 is 30.5 Å².